The Balaban J connectivity index is -0.000000259. The van der Waals surface area contributed by atoms with Crippen molar-refractivity contribution in [1.29, 1.82) is 0 Å². The van der Waals surface area contributed by atoms with Gasteiger partial charge >= 0.3 is 11.9 Å². The molecule has 8 N–H and O–H groups in total. The monoisotopic (exact) mass is 661 g/mol. The maximum Gasteiger partial charge on any atom is 0.320 e. The molecular weight excluding hydrogens is 584 g/mol. The second-order valence-corrected chi connectivity index (χ2v) is 15.3. The average Bonchev–Trinajstić information content (AvgIpc) is 2.86. The molecule has 0 aliphatic rings. The predicted octanol–water partition coefficient (Wildman–Crippen LogP) is 6.14. The minimum absolute atomic E-state index is 0.0370. The number of carboxylic acid groups (broad SMARTS) is 2. The summed E-state index contributed by atoms with van der Waals surface area (Å²) in [5.41, 5.74) is 10.9. The lowest BCUT2D eigenvalue weighted by molar-refractivity contribution is -0.140. The van der Waals surface area contributed by atoms with Crippen LogP contribution in [0.5, 0.6) is 0 Å². The minimum Gasteiger partial charge on any atom is -0.480 e. The highest BCUT2D eigenvalue weighted by atomic mass is 16.4. The first-order valence-electron chi connectivity index (χ1n) is 17.3. The molecule has 0 spiro atoms. The third-order valence-corrected chi connectivity index (χ3v) is 6.40. The van der Waals surface area contributed by atoms with E-state index in [-0.39, 0.29) is 35.7 Å². The highest BCUT2D eigenvalue weighted by Crippen LogP contribution is 2.11. The van der Waals surface area contributed by atoms with Gasteiger partial charge in [0.15, 0.2) is 11.6 Å². The second-order valence-electron chi connectivity index (χ2n) is 15.3. The van der Waals surface area contributed by atoms with Crippen LogP contribution < -0.4 is 22.1 Å². The zero-order valence-corrected chi connectivity index (χ0v) is 32.4. The Bertz CT molecular complexity index is 790. The number of ketones is 2. The number of hydrogen-bond donors (Lipinski definition) is 6. The summed E-state index contributed by atoms with van der Waals surface area (Å²) in [5.74, 6) is 0.899. The SMILES string of the molecule is CC(C)CC(N)C(=O)C(C)C.CC(C)CC(N)C(=O)O.CC(C)CC(NC(C)C)C(=O)C(C)C.CC(C)CC(NC(C)C)C(=O)O. The van der Waals surface area contributed by atoms with Gasteiger partial charge in [0.2, 0.25) is 0 Å². The summed E-state index contributed by atoms with van der Waals surface area (Å²) in [7, 11) is 0. The van der Waals surface area contributed by atoms with Gasteiger partial charge < -0.3 is 32.3 Å². The van der Waals surface area contributed by atoms with E-state index in [0.717, 1.165) is 12.8 Å². The van der Waals surface area contributed by atoms with Crippen molar-refractivity contribution in [3.8, 4) is 0 Å². The Morgan fingerprint density at radius 3 is 1.00 bits per heavy atom. The molecule has 46 heavy (non-hydrogen) atoms. The van der Waals surface area contributed by atoms with E-state index < -0.39 is 24.0 Å². The van der Waals surface area contributed by atoms with E-state index >= 15 is 0 Å². The fourth-order valence-electron chi connectivity index (χ4n) is 4.32. The highest BCUT2D eigenvalue weighted by molar-refractivity contribution is 5.86. The molecule has 0 rings (SSSR count). The van der Waals surface area contributed by atoms with Crippen LogP contribution in [-0.2, 0) is 19.2 Å². The number of rotatable bonds is 18. The van der Waals surface area contributed by atoms with E-state index in [2.05, 4.69) is 52.2 Å². The number of nitrogens with two attached hydrogens (primary N) is 2. The second kappa shape index (κ2) is 28.2. The molecule has 0 heterocycles. The van der Waals surface area contributed by atoms with Gasteiger partial charge in [-0.2, -0.15) is 0 Å². The van der Waals surface area contributed by atoms with Gasteiger partial charge in [-0.3, -0.25) is 19.2 Å². The van der Waals surface area contributed by atoms with Crippen LogP contribution in [0.3, 0.4) is 0 Å². The highest BCUT2D eigenvalue weighted by Gasteiger charge is 2.22. The van der Waals surface area contributed by atoms with Crippen molar-refractivity contribution in [2.24, 2.45) is 47.0 Å². The zero-order chi connectivity index (χ0) is 37.5. The Morgan fingerprint density at radius 1 is 0.457 bits per heavy atom. The van der Waals surface area contributed by atoms with Gasteiger partial charge in [0, 0.05) is 23.9 Å². The first kappa shape index (κ1) is 51.0. The van der Waals surface area contributed by atoms with E-state index in [9.17, 15) is 19.2 Å². The normalized spacial score (nSPS) is 14.0. The van der Waals surface area contributed by atoms with E-state index in [4.69, 9.17) is 21.7 Å². The average molecular weight is 661 g/mol. The molecule has 276 valence electrons. The molecule has 0 radical (unpaired) electrons. The molecule has 10 nitrogen and oxygen atoms in total. The fraction of sp³-hybridized carbons (Fsp3) is 0.889. The molecule has 4 unspecified atom stereocenters. The van der Waals surface area contributed by atoms with E-state index in [1.807, 2.05) is 69.2 Å². The van der Waals surface area contributed by atoms with Crippen molar-refractivity contribution in [3.05, 3.63) is 0 Å². The van der Waals surface area contributed by atoms with E-state index in [0.29, 0.717) is 48.3 Å². The molecule has 4 atom stereocenters. The van der Waals surface area contributed by atoms with Crippen molar-refractivity contribution in [2.75, 3.05) is 0 Å². The van der Waals surface area contributed by atoms with E-state index in [1.165, 1.54) is 0 Å². The molecule has 10 heteroatoms. The lowest BCUT2D eigenvalue weighted by Gasteiger charge is -2.23. The first-order valence-corrected chi connectivity index (χ1v) is 17.3. The molecule has 0 aromatic heterocycles. The summed E-state index contributed by atoms with van der Waals surface area (Å²) in [4.78, 5) is 43.9. The Labute approximate surface area is 283 Å². The Kier molecular flexibility index (Phi) is 31.2. The van der Waals surface area contributed by atoms with Crippen LogP contribution in [0.15, 0.2) is 0 Å². The van der Waals surface area contributed by atoms with Crippen molar-refractivity contribution < 1.29 is 29.4 Å². The predicted molar refractivity (Wildman–Crippen MR) is 193 cm³/mol. The summed E-state index contributed by atoms with van der Waals surface area (Å²) in [6.45, 7) is 32.2. The third-order valence-electron chi connectivity index (χ3n) is 6.40. The van der Waals surface area contributed by atoms with Crippen LogP contribution in [0.4, 0.5) is 0 Å². The number of hydrogen-bond acceptors (Lipinski definition) is 8. The fourth-order valence-corrected chi connectivity index (χ4v) is 4.32. The Morgan fingerprint density at radius 2 is 0.761 bits per heavy atom. The van der Waals surface area contributed by atoms with Crippen LogP contribution in [0.2, 0.25) is 0 Å². The maximum absolute atomic E-state index is 11.9. The van der Waals surface area contributed by atoms with Crippen LogP contribution >= 0.6 is 0 Å². The molecule has 0 aliphatic heterocycles. The minimum atomic E-state index is -0.913. The number of carbonyl (C=O) groups excluding carboxylic acids is 2. The van der Waals surface area contributed by atoms with Gasteiger partial charge in [-0.05, 0) is 49.4 Å². The quantitative estimate of drug-likeness (QED) is 0.0998. The molecule has 0 saturated carbocycles. The van der Waals surface area contributed by atoms with Gasteiger partial charge in [0.1, 0.15) is 12.1 Å². The summed E-state index contributed by atoms with van der Waals surface area (Å²) in [6.07, 6.45) is 2.98. The lowest BCUT2D eigenvalue weighted by atomic mass is 9.94. The summed E-state index contributed by atoms with van der Waals surface area (Å²) in [6, 6.07) is -0.703. The molecule has 0 amide bonds. The molecule has 0 saturated heterocycles. The third kappa shape index (κ3) is 33.5. The largest absolute Gasteiger partial charge is 0.480 e. The van der Waals surface area contributed by atoms with Crippen LogP contribution in [0.25, 0.3) is 0 Å². The number of nitrogens with one attached hydrogen (secondary N) is 2. The van der Waals surface area contributed by atoms with Gasteiger partial charge in [0.25, 0.3) is 0 Å². The molecule has 0 aromatic carbocycles. The molecule has 0 aromatic rings. The first-order chi connectivity index (χ1) is 20.8. The van der Waals surface area contributed by atoms with Gasteiger partial charge in [-0.1, -0.05) is 111 Å². The van der Waals surface area contributed by atoms with Crippen molar-refractivity contribution in [2.45, 2.75) is 173 Å². The lowest BCUT2D eigenvalue weighted by Crippen LogP contribution is -2.43. The Hall–Kier alpha value is -1.88. The summed E-state index contributed by atoms with van der Waals surface area (Å²) >= 11 is 0. The summed E-state index contributed by atoms with van der Waals surface area (Å²) < 4.78 is 0. The summed E-state index contributed by atoms with van der Waals surface area (Å²) in [5, 5.41) is 23.5. The number of Topliss-reactive ketones (excluding diaryl/α,β-unsaturated/α-hetero) is 2. The van der Waals surface area contributed by atoms with Crippen LogP contribution in [0.1, 0.15) is 136 Å². The van der Waals surface area contributed by atoms with Crippen LogP contribution in [0, 0.1) is 35.5 Å². The number of carboxylic acids is 2. The topological polar surface area (TPSA) is 185 Å². The number of carbonyl (C=O) groups is 4. The van der Waals surface area contributed by atoms with E-state index in [1.54, 1.807) is 0 Å². The zero-order valence-electron chi connectivity index (χ0n) is 32.4. The van der Waals surface area contributed by atoms with Crippen molar-refractivity contribution in [3.63, 3.8) is 0 Å². The van der Waals surface area contributed by atoms with Crippen molar-refractivity contribution >= 4 is 23.5 Å². The smallest absolute Gasteiger partial charge is 0.320 e. The molecule has 0 bridgehead atoms. The molecule has 0 fully saturated rings. The van der Waals surface area contributed by atoms with Gasteiger partial charge in [0.05, 0.1) is 12.1 Å². The standard InChI is InChI=1S/C12H25NO.C9H19NO2.C9H19NO.C6H13NO2/c1-8(2)7-11(13-10(5)6)12(14)9(3)4;1-6(2)5-8(9(11)12)10-7(3)4;1-6(2)5-8(10)9(11)7(3)4;1-4(2)3-5(7)6(8)9/h8-11,13H,7H2,1-6H3;6-8,10H,5H2,1-4H3,(H,11,12);6-8H,5,10H2,1-4H3;4-5H,3,7H2,1-2H3,(H,8,9). The number of aliphatic carboxylic acids is 2. The van der Waals surface area contributed by atoms with Gasteiger partial charge in [-0.15, -0.1) is 0 Å². The van der Waals surface area contributed by atoms with Gasteiger partial charge in [-0.25, -0.2) is 0 Å². The molecule has 0 aliphatic carbocycles. The van der Waals surface area contributed by atoms with Crippen molar-refractivity contribution in [1.82, 2.24) is 10.6 Å². The maximum atomic E-state index is 11.9. The van der Waals surface area contributed by atoms with Crippen LogP contribution in [-0.4, -0.2) is 70.0 Å². The molecular formula is C36H76N4O6.